The lowest BCUT2D eigenvalue weighted by atomic mass is 9.95. The minimum atomic E-state index is 0.113. The van der Waals surface area contributed by atoms with Crippen molar-refractivity contribution < 1.29 is 4.79 Å². The van der Waals surface area contributed by atoms with Crippen molar-refractivity contribution in [2.75, 3.05) is 6.54 Å². The molecule has 1 aliphatic rings. The van der Waals surface area contributed by atoms with Crippen molar-refractivity contribution in [3.05, 3.63) is 34.3 Å². The summed E-state index contributed by atoms with van der Waals surface area (Å²) in [6, 6.07) is 8.29. The van der Waals surface area contributed by atoms with Crippen LogP contribution in [0.3, 0.4) is 0 Å². The average Bonchev–Trinajstić information content (AvgIpc) is 2.89. The Kier molecular flexibility index (Phi) is 5.61. The third-order valence-electron chi connectivity index (χ3n) is 4.17. The van der Waals surface area contributed by atoms with Crippen LogP contribution in [0.15, 0.2) is 28.7 Å². The Morgan fingerprint density at radius 3 is 2.90 bits per heavy atom. The third kappa shape index (κ3) is 3.83. The van der Waals surface area contributed by atoms with Crippen molar-refractivity contribution in [2.24, 2.45) is 17.6 Å². The lowest BCUT2D eigenvalue weighted by Gasteiger charge is -2.21. The molecular weight excluding hydrogens is 316 g/mol. The van der Waals surface area contributed by atoms with Crippen LogP contribution in [0, 0.1) is 11.8 Å². The first-order valence-corrected chi connectivity index (χ1v) is 8.15. The molecule has 0 heterocycles. The quantitative estimate of drug-likeness (QED) is 0.867. The van der Waals surface area contributed by atoms with E-state index in [9.17, 15) is 4.79 Å². The Morgan fingerprint density at radius 2 is 2.20 bits per heavy atom. The predicted molar refractivity (Wildman–Crippen MR) is 85.3 cm³/mol. The number of nitrogens with one attached hydrogen (secondary N) is 1. The summed E-state index contributed by atoms with van der Waals surface area (Å²) in [5, 5.41) is 3.15. The van der Waals surface area contributed by atoms with E-state index in [0.29, 0.717) is 12.5 Å². The average molecular weight is 339 g/mol. The normalized spacial score (nSPS) is 23.6. The van der Waals surface area contributed by atoms with E-state index in [4.69, 9.17) is 5.73 Å². The van der Waals surface area contributed by atoms with Crippen LogP contribution in [0.1, 0.15) is 31.7 Å². The van der Waals surface area contributed by atoms with Gasteiger partial charge in [-0.05, 0) is 50.3 Å². The van der Waals surface area contributed by atoms with Gasteiger partial charge in [0, 0.05) is 16.4 Å². The highest BCUT2D eigenvalue weighted by atomic mass is 79.9. The zero-order valence-corrected chi connectivity index (χ0v) is 13.5. The standard InChI is InChI=1S/C16H23BrN2O/c1-11(9-12-5-2-3-8-15(12)17)19-16(20)14-7-4-6-13(14)10-18/h2-3,5,8,11,13-14H,4,6-7,9-10,18H2,1H3,(H,19,20)/t11?,13-,14-/m1/s1. The summed E-state index contributed by atoms with van der Waals surface area (Å²) in [6.45, 7) is 2.68. The molecule has 0 radical (unpaired) electrons. The minimum Gasteiger partial charge on any atom is -0.353 e. The Morgan fingerprint density at radius 1 is 1.45 bits per heavy atom. The molecule has 3 N–H and O–H groups in total. The molecule has 1 saturated carbocycles. The molecule has 1 amide bonds. The van der Waals surface area contributed by atoms with Crippen molar-refractivity contribution in [3.63, 3.8) is 0 Å². The molecule has 0 saturated heterocycles. The van der Waals surface area contributed by atoms with E-state index in [0.717, 1.165) is 30.2 Å². The first-order valence-electron chi connectivity index (χ1n) is 7.35. The van der Waals surface area contributed by atoms with Crippen molar-refractivity contribution in [3.8, 4) is 0 Å². The molecule has 1 aliphatic carbocycles. The topological polar surface area (TPSA) is 55.1 Å². The summed E-state index contributed by atoms with van der Waals surface area (Å²) in [6.07, 6.45) is 4.04. The Hall–Kier alpha value is -0.870. The molecule has 3 nitrogen and oxygen atoms in total. The van der Waals surface area contributed by atoms with Crippen molar-refractivity contribution in [2.45, 2.75) is 38.6 Å². The van der Waals surface area contributed by atoms with Gasteiger partial charge in [0.1, 0.15) is 0 Å². The van der Waals surface area contributed by atoms with E-state index in [-0.39, 0.29) is 17.9 Å². The smallest absolute Gasteiger partial charge is 0.223 e. The molecule has 0 aliphatic heterocycles. The number of rotatable bonds is 5. The highest BCUT2D eigenvalue weighted by molar-refractivity contribution is 9.10. The minimum absolute atomic E-state index is 0.113. The number of amides is 1. The maximum absolute atomic E-state index is 12.3. The van der Waals surface area contributed by atoms with Gasteiger partial charge in [-0.15, -0.1) is 0 Å². The van der Waals surface area contributed by atoms with Crippen LogP contribution in [0.5, 0.6) is 0 Å². The summed E-state index contributed by atoms with van der Waals surface area (Å²) in [7, 11) is 0. The number of hydrogen-bond donors (Lipinski definition) is 2. The lowest BCUT2D eigenvalue weighted by molar-refractivity contribution is -0.126. The van der Waals surface area contributed by atoms with Crippen LogP contribution in [-0.4, -0.2) is 18.5 Å². The van der Waals surface area contributed by atoms with Gasteiger partial charge in [0.15, 0.2) is 0 Å². The van der Waals surface area contributed by atoms with Crippen LogP contribution in [0.4, 0.5) is 0 Å². The third-order valence-corrected chi connectivity index (χ3v) is 4.94. The van der Waals surface area contributed by atoms with Gasteiger partial charge in [0.2, 0.25) is 5.91 Å². The molecule has 0 bridgehead atoms. The summed E-state index contributed by atoms with van der Waals surface area (Å²) < 4.78 is 1.10. The summed E-state index contributed by atoms with van der Waals surface area (Å²) >= 11 is 3.55. The molecule has 1 aromatic carbocycles. The van der Waals surface area contributed by atoms with Crippen LogP contribution < -0.4 is 11.1 Å². The van der Waals surface area contributed by atoms with Gasteiger partial charge in [-0.1, -0.05) is 40.5 Å². The van der Waals surface area contributed by atoms with Crippen LogP contribution in [0.25, 0.3) is 0 Å². The monoisotopic (exact) mass is 338 g/mol. The second kappa shape index (κ2) is 7.23. The number of halogens is 1. The molecule has 20 heavy (non-hydrogen) atoms. The highest BCUT2D eigenvalue weighted by Crippen LogP contribution is 2.31. The van der Waals surface area contributed by atoms with E-state index >= 15 is 0 Å². The van der Waals surface area contributed by atoms with Crippen molar-refractivity contribution >= 4 is 21.8 Å². The molecular formula is C16H23BrN2O. The molecule has 1 aromatic rings. The fourth-order valence-electron chi connectivity index (χ4n) is 3.06. The second-order valence-electron chi connectivity index (χ2n) is 5.74. The number of hydrogen-bond acceptors (Lipinski definition) is 2. The summed E-state index contributed by atoms with van der Waals surface area (Å²) in [4.78, 5) is 12.3. The maximum atomic E-state index is 12.3. The zero-order valence-electron chi connectivity index (χ0n) is 11.9. The van der Waals surface area contributed by atoms with Gasteiger partial charge >= 0.3 is 0 Å². The first-order chi connectivity index (χ1) is 9.61. The summed E-state index contributed by atoms with van der Waals surface area (Å²) in [5.41, 5.74) is 6.97. The van der Waals surface area contributed by atoms with E-state index in [1.807, 2.05) is 18.2 Å². The molecule has 4 heteroatoms. The predicted octanol–water partition coefficient (Wildman–Crippen LogP) is 2.87. The SMILES string of the molecule is CC(Cc1ccccc1Br)NC(=O)[C@@H]1CCC[C@@H]1CN. The molecule has 110 valence electrons. The van der Waals surface area contributed by atoms with Gasteiger partial charge in [0.25, 0.3) is 0 Å². The Balaban J connectivity index is 1.89. The molecule has 3 atom stereocenters. The summed E-state index contributed by atoms with van der Waals surface area (Å²) in [5.74, 6) is 0.657. The van der Waals surface area contributed by atoms with E-state index in [2.05, 4.69) is 34.2 Å². The highest BCUT2D eigenvalue weighted by Gasteiger charge is 2.32. The van der Waals surface area contributed by atoms with Crippen molar-refractivity contribution in [1.29, 1.82) is 0 Å². The van der Waals surface area contributed by atoms with Gasteiger partial charge in [-0.2, -0.15) is 0 Å². The second-order valence-corrected chi connectivity index (χ2v) is 6.59. The van der Waals surface area contributed by atoms with E-state index in [1.165, 1.54) is 5.56 Å². The lowest BCUT2D eigenvalue weighted by Crippen LogP contribution is -2.40. The zero-order chi connectivity index (χ0) is 14.5. The fraction of sp³-hybridized carbons (Fsp3) is 0.562. The fourth-order valence-corrected chi connectivity index (χ4v) is 3.51. The van der Waals surface area contributed by atoms with Gasteiger partial charge in [0.05, 0.1) is 0 Å². The van der Waals surface area contributed by atoms with Crippen LogP contribution in [0.2, 0.25) is 0 Å². The van der Waals surface area contributed by atoms with E-state index in [1.54, 1.807) is 0 Å². The maximum Gasteiger partial charge on any atom is 0.223 e. The number of carbonyl (C=O) groups excluding carboxylic acids is 1. The Bertz CT molecular complexity index is 464. The van der Waals surface area contributed by atoms with Gasteiger partial charge in [-0.3, -0.25) is 4.79 Å². The van der Waals surface area contributed by atoms with Gasteiger partial charge < -0.3 is 11.1 Å². The molecule has 2 rings (SSSR count). The van der Waals surface area contributed by atoms with Crippen LogP contribution >= 0.6 is 15.9 Å². The number of benzene rings is 1. The van der Waals surface area contributed by atoms with E-state index < -0.39 is 0 Å². The van der Waals surface area contributed by atoms with Crippen molar-refractivity contribution in [1.82, 2.24) is 5.32 Å². The molecule has 0 spiro atoms. The molecule has 0 aromatic heterocycles. The first kappa shape index (κ1) is 15.5. The Labute approximate surface area is 129 Å². The largest absolute Gasteiger partial charge is 0.353 e. The molecule has 1 unspecified atom stereocenters. The van der Waals surface area contributed by atoms with Crippen LogP contribution in [-0.2, 0) is 11.2 Å². The van der Waals surface area contributed by atoms with Gasteiger partial charge in [-0.25, -0.2) is 0 Å². The number of nitrogens with two attached hydrogens (primary N) is 1. The molecule has 1 fully saturated rings. The number of carbonyl (C=O) groups is 1.